The zero-order valence-electron chi connectivity index (χ0n) is 50.3. The van der Waals surface area contributed by atoms with Crippen molar-refractivity contribution < 1.29 is 259 Å². The molecule has 6 fully saturated rings. The van der Waals surface area contributed by atoms with Gasteiger partial charge in [0.05, 0.1) is 32.0 Å². The standard InChI is InChI=1S/C36H59N3O57S9/c40-6-1-5(2-80-100(62,63)64)83-32(9(6)37-97(53,54)55)89-20-15(44)23(95-104(74,75)76)35(92-26(20)29(48)49)87-18-8(4-82-102(68,69)70)85-34(11(13(18)42)39-99(59,60)61)91-21-16(45)24(96-105(77,78)79)36(93-27(21)30(50)51)88-17-7(3-81-101(65,66)67)84-33(10(12(17)41)38-98(56,57)58)90-19-14(43)22(94-103(71,72)73)31(52)86-25(19)28(46)47/h5-27,31-45,52H,1-4H2,(H,46,47)(H,48,49)(H,50,51)(H,53,54,55)(H,56,57,58)(H,59,60,61)(H,62,63,64)(H,65,66,67)(H,68,69,70)(H,71,72,73)(H,74,75,76)(H,77,78,79)/t5-,6-,7+,8+,9+,10+,11+,12+,13+,14-,15-,16-,17+,18+,19-,20+,21-,22+,23+,24+,25+,26+,27+,31+,32+,33+,34+,35+,36+/m0/s1. The average Bonchev–Trinajstić information content (AvgIpc) is 0.757. The Balaban J connectivity index is 1.40. The third kappa shape index (κ3) is 26.3. The maximum absolute atomic E-state index is 13.2. The summed E-state index contributed by atoms with van der Waals surface area (Å²) >= 11 is 0. The van der Waals surface area contributed by atoms with Gasteiger partial charge < -0.3 is 103 Å². The molecule has 6 aliphatic rings. The number of hydrogen-bond acceptors (Lipinski definition) is 45. The summed E-state index contributed by atoms with van der Waals surface area (Å²) in [5, 5.41) is 110. The molecule has 0 aromatic rings. The Labute approximate surface area is 586 Å². The van der Waals surface area contributed by atoms with Crippen LogP contribution in [0.2, 0.25) is 0 Å². The molecule has 6 heterocycles. The average molecular weight is 1730 g/mol. The molecule has 0 aliphatic carbocycles. The Kier molecular flexibility index (Phi) is 29.5. The number of carboxylic acids is 3. The Morgan fingerprint density at radius 2 is 0.610 bits per heavy atom. The number of rotatable bonds is 34. The van der Waals surface area contributed by atoms with E-state index in [0.29, 0.717) is 0 Å². The van der Waals surface area contributed by atoms with Crippen molar-refractivity contribution in [1.82, 2.24) is 14.2 Å². The Bertz CT molecular complexity index is 4150. The van der Waals surface area contributed by atoms with Gasteiger partial charge in [0.25, 0.3) is 0 Å². The van der Waals surface area contributed by atoms with Crippen LogP contribution in [0.5, 0.6) is 0 Å². The highest BCUT2D eigenvalue weighted by molar-refractivity contribution is 7.84. The number of nitrogens with one attached hydrogen (secondary N) is 3. The first kappa shape index (κ1) is 90.4. The van der Waals surface area contributed by atoms with E-state index in [1.165, 1.54) is 4.72 Å². The van der Waals surface area contributed by atoms with Crippen molar-refractivity contribution >= 4 is 111 Å². The molecule has 6 rings (SSSR count). The molecule has 0 unspecified atom stereocenters. The van der Waals surface area contributed by atoms with Gasteiger partial charge in [-0.1, -0.05) is 0 Å². The fourth-order valence-corrected chi connectivity index (χ4v) is 14.7. The highest BCUT2D eigenvalue weighted by atomic mass is 32.3. The fraction of sp³-hybridized carbons (Fsp3) is 0.917. The number of aliphatic hydroxyl groups is 7. The molecular formula is C36H59N3O57S9. The summed E-state index contributed by atoms with van der Waals surface area (Å²) in [5.74, 6) is -7.37. The SMILES string of the molecule is O=C(O)[C@@H]1O[C@@H](O[C@H]2[C@H](O)[C@@H](NS(=O)(=O)O)[C@@H](O[C@H]3[C@H](O)[C@@H](OS(=O)(=O)O)[C@H](O[C@H]4[C@H](O)[C@@H](NS(=O)(=O)O)[C@@H](O[C@H]5[C@H](O)[C@@H](OS(=O)(=O)O)[C@H](O)O[C@H]5C(=O)O)O[C@@H]4COS(=O)(=O)O)O[C@H]3C(=O)O)O[C@@H]2COS(=O)(=O)O)[C@H](OS(=O)(=O)O)[C@@H](O)[C@H]1O[C@H]1O[C@H](COS(=O)(=O)O)C[C@H](O)[C@H]1NS(=O)(=O)O. The van der Waals surface area contributed by atoms with Crippen molar-refractivity contribution in [2.24, 2.45) is 0 Å². The van der Waals surface area contributed by atoms with E-state index in [4.69, 9.17) is 51.9 Å². The van der Waals surface area contributed by atoms with Crippen molar-refractivity contribution in [2.75, 3.05) is 19.8 Å². The minimum atomic E-state index is -6.33. The van der Waals surface area contributed by atoms with Crippen LogP contribution in [0.15, 0.2) is 0 Å². The van der Waals surface area contributed by atoms with Crippen molar-refractivity contribution in [3.8, 4) is 0 Å². The summed E-state index contributed by atoms with van der Waals surface area (Å²) in [4.78, 5) is 38.4. The second-order valence-electron chi connectivity index (χ2n) is 21.7. The summed E-state index contributed by atoms with van der Waals surface area (Å²) < 4.78 is 391. The number of carbonyl (C=O) groups is 3. The molecule has 6 aliphatic heterocycles. The Morgan fingerprint density at radius 3 is 0.924 bits per heavy atom. The minimum Gasteiger partial charge on any atom is -0.479 e. The smallest absolute Gasteiger partial charge is 0.397 e. The molecule has 29 atom stereocenters. The lowest BCUT2D eigenvalue weighted by Gasteiger charge is -2.50. The van der Waals surface area contributed by atoms with Gasteiger partial charge in [-0.2, -0.15) is 89.9 Å². The third-order valence-corrected chi connectivity index (χ3v) is 18.8. The van der Waals surface area contributed by atoms with Crippen molar-refractivity contribution in [3.05, 3.63) is 0 Å². The van der Waals surface area contributed by atoms with Gasteiger partial charge in [0.2, 0.25) is 0 Å². The molecule has 6 saturated heterocycles. The van der Waals surface area contributed by atoms with Gasteiger partial charge in [0.15, 0.2) is 74.4 Å². The van der Waals surface area contributed by atoms with Crippen LogP contribution in [0.1, 0.15) is 6.42 Å². The molecule has 60 nitrogen and oxygen atoms in total. The van der Waals surface area contributed by atoms with E-state index >= 15 is 0 Å². The van der Waals surface area contributed by atoms with Gasteiger partial charge in [-0.05, 0) is 0 Å². The van der Waals surface area contributed by atoms with Crippen LogP contribution in [-0.2, 0) is 185 Å². The highest BCUT2D eigenvalue weighted by Gasteiger charge is 2.62. The molecule has 0 radical (unpaired) electrons. The number of aliphatic carboxylic acids is 3. The van der Waals surface area contributed by atoms with Crippen LogP contribution in [0.4, 0.5) is 0 Å². The van der Waals surface area contributed by atoms with E-state index in [1.807, 2.05) is 0 Å². The predicted molar refractivity (Wildman–Crippen MR) is 299 cm³/mol. The largest absolute Gasteiger partial charge is 0.479 e. The molecule has 69 heteroatoms. The minimum absolute atomic E-state index is 0.938. The first-order chi connectivity index (χ1) is 47.5. The molecule has 0 amide bonds. The van der Waals surface area contributed by atoms with E-state index in [2.05, 4.69) is 29.8 Å². The zero-order valence-corrected chi connectivity index (χ0v) is 57.6. The lowest BCUT2D eigenvalue weighted by molar-refractivity contribution is -0.374. The molecule has 0 spiro atoms. The molecule has 0 aromatic heterocycles. The second kappa shape index (κ2) is 34.2. The summed E-state index contributed by atoms with van der Waals surface area (Å²) in [6.07, 6.45) is -79.2. The van der Waals surface area contributed by atoms with Crippen LogP contribution < -0.4 is 14.2 Å². The molecular weight excluding hydrogens is 1670 g/mol. The van der Waals surface area contributed by atoms with Gasteiger partial charge >= 0.3 is 111 Å². The number of aliphatic hydroxyl groups excluding tert-OH is 7. The third-order valence-electron chi connectivity index (χ3n) is 14.4. The molecule has 105 heavy (non-hydrogen) atoms. The first-order valence-electron chi connectivity index (χ1n) is 27.2. The maximum Gasteiger partial charge on any atom is 0.397 e. The molecule has 614 valence electrons. The first-order valence-corrected chi connectivity index (χ1v) is 39.7. The number of ether oxygens (including phenoxy) is 11. The lowest BCUT2D eigenvalue weighted by atomic mass is 9.94. The van der Waals surface area contributed by atoms with E-state index in [1.54, 1.807) is 0 Å². The fourth-order valence-electron chi connectivity index (χ4n) is 10.5. The number of hydrogen-bond donors (Lipinski definition) is 22. The molecule has 0 saturated carbocycles. The van der Waals surface area contributed by atoms with E-state index < -0.39 is 315 Å². The quantitative estimate of drug-likeness (QED) is 0.0266. The summed E-state index contributed by atoms with van der Waals surface area (Å²) in [7, 11) is -53.1. The van der Waals surface area contributed by atoms with Crippen LogP contribution in [0.25, 0.3) is 0 Å². The van der Waals surface area contributed by atoms with Gasteiger partial charge in [-0.3, -0.25) is 41.0 Å². The van der Waals surface area contributed by atoms with E-state index in [9.17, 15) is 178 Å². The topological polar surface area (TPSA) is 936 Å². The van der Waals surface area contributed by atoms with Gasteiger partial charge in [-0.25, -0.2) is 39.5 Å². The van der Waals surface area contributed by atoms with E-state index in [-0.39, 0.29) is 0 Å². The maximum atomic E-state index is 13.2. The monoisotopic (exact) mass is 1730 g/mol. The summed E-state index contributed by atoms with van der Waals surface area (Å²) in [6.45, 7) is -5.25. The summed E-state index contributed by atoms with van der Waals surface area (Å²) in [6, 6.07) is -8.57. The van der Waals surface area contributed by atoms with Gasteiger partial charge in [0.1, 0.15) is 91.4 Å². The Morgan fingerprint density at radius 1 is 0.324 bits per heavy atom. The second-order valence-corrected chi connectivity index (χ2v) is 31.7. The predicted octanol–water partition coefficient (Wildman–Crippen LogP) is -15.6. The zero-order chi connectivity index (χ0) is 79.9. The van der Waals surface area contributed by atoms with Crippen LogP contribution in [-0.4, -0.2) is 383 Å². The molecule has 22 N–H and O–H groups in total. The van der Waals surface area contributed by atoms with Crippen LogP contribution >= 0.6 is 0 Å². The number of carboxylic acid groups (broad SMARTS) is 3. The van der Waals surface area contributed by atoms with Crippen LogP contribution in [0, 0.1) is 0 Å². The summed E-state index contributed by atoms with van der Waals surface area (Å²) in [5.41, 5.74) is 0. The highest BCUT2D eigenvalue weighted by Crippen LogP contribution is 2.40. The van der Waals surface area contributed by atoms with Crippen molar-refractivity contribution in [3.63, 3.8) is 0 Å². The van der Waals surface area contributed by atoms with E-state index in [0.717, 1.165) is 9.44 Å². The van der Waals surface area contributed by atoms with Gasteiger partial charge in [0, 0.05) is 6.42 Å². The van der Waals surface area contributed by atoms with Crippen molar-refractivity contribution in [1.29, 1.82) is 0 Å². The van der Waals surface area contributed by atoms with Crippen LogP contribution in [0.3, 0.4) is 0 Å². The normalized spacial score (nSPS) is 38.9. The molecule has 0 bridgehead atoms. The molecule has 0 aromatic carbocycles. The van der Waals surface area contributed by atoms with Crippen molar-refractivity contribution in [2.45, 2.75) is 184 Å². The Hall–Kier alpha value is -3.48. The van der Waals surface area contributed by atoms with Gasteiger partial charge in [-0.15, -0.1) is 0 Å². The lowest BCUT2D eigenvalue weighted by Crippen LogP contribution is -2.71.